The summed E-state index contributed by atoms with van der Waals surface area (Å²) in [5.41, 5.74) is 0. The predicted molar refractivity (Wildman–Crippen MR) is 31.4 cm³/mol. The molecule has 0 amide bonds. The van der Waals surface area contributed by atoms with E-state index in [1.54, 1.807) is 13.8 Å². The maximum atomic E-state index is 12.5. The van der Waals surface area contributed by atoms with Crippen LogP contribution in [0.2, 0.25) is 0 Å². The molecule has 0 fully saturated rings. The first kappa shape index (κ1) is 7.18. The van der Waals surface area contributed by atoms with Crippen molar-refractivity contribution in [3.8, 4) is 0 Å². The van der Waals surface area contributed by atoms with Gasteiger partial charge in [-0.25, -0.2) is 0 Å². The van der Waals surface area contributed by atoms with E-state index in [2.05, 4.69) is 9.47 Å². The van der Waals surface area contributed by atoms with Crippen LogP contribution in [0.25, 0.3) is 0 Å². The Labute approximate surface area is 58.4 Å². The van der Waals surface area contributed by atoms with Crippen LogP contribution < -0.4 is 0 Å². The van der Waals surface area contributed by atoms with E-state index in [-0.39, 0.29) is 5.95 Å². The summed E-state index contributed by atoms with van der Waals surface area (Å²) >= 11 is 0. The van der Waals surface area contributed by atoms with Crippen molar-refractivity contribution in [2.24, 2.45) is 0 Å². The van der Waals surface area contributed by atoms with Crippen molar-refractivity contribution in [2.45, 2.75) is 19.6 Å². The molecule has 58 valence electrons. The second-order valence-corrected chi connectivity index (χ2v) is 2.37. The molecular weight excluding hydrogens is 139 g/mol. The molecule has 0 aromatic rings. The predicted octanol–water partition coefficient (Wildman–Crippen LogP) is 1.51. The molecule has 4 heteroatoms. The molecule has 0 bridgehead atoms. The van der Waals surface area contributed by atoms with Gasteiger partial charge >= 0.3 is 12.0 Å². The first-order valence-electron chi connectivity index (χ1n) is 2.87. The lowest BCUT2D eigenvalue weighted by Crippen LogP contribution is -2.20. The standard InChI is InChI=1S/C6H9FO3/c1-6(2)9-4(7)5(8-3)10-6/h1-3H3. The number of rotatable bonds is 1. The number of ether oxygens (including phenoxy) is 3. The summed E-state index contributed by atoms with van der Waals surface area (Å²) in [5.74, 6) is -1.12. The Bertz CT molecular complexity index is 174. The van der Waals surface area contributed by atoms with Crippen LogP contribution >= 0.6 is 0 Å². The summed E-state index contributed by atoms with van der Waals surface area (Å²) in [5, 5.41) is 0. The SMILES string of the molecule is COC1=C(F)OC(C)(C)O1. The van der Waals surface area contributed by atoms with Crippen molar-refractivity contribution in [1.82, 2.24) is 0 Å². The number of methoxy groups -OCH3 is 1. The molecule has 0 radical (unpaired) electrons. The molecule has 0 aromatic heterocycles. The van der Waals surface area contributed by atoms with Gasteiger partial charge in [-0.1, -0.05) is 0 Å². The van der Waals surface area contributed by atoms with Crippen LogP contribution in [0.5, 0.6) is 0 Å². The van der Waals surface area contributed by atoms with E-state index in [9.17, 15) is 4.39 Å². The van der Waals surface area contributed by atoms with Gasteiger partial charge in [0.05, 0.1) is 7.11 Å². The zero-order valence-corrected chi connectivity index (χ0v) is 6.10. The molecule has 0 unspecified atom stereocenters. The molecule has 0 spiro atoms. The highest BCUT2D eigenvalue weighted by Gasteiger charge is 2.35. The third-order valence-corrected chi connectivity index (χ3v) is 1.02. The highest BCUT2D eigenvalue weighted by molar-refractivity contribution is 4.93. The summed E-state index contributed by atoms with van der Waals surface area (Å²) in [6.45, 7) is 3.19. The minimum atomic E-state index is -0.935. The van der Waals surface area contributed by atoms with Gasteiger partial charge in [-0.3, -0.25) is 0 Å². The lowest BCUT2D eigenvalue weighted by molar-refractivity contribution is -0.149. The van der Waals surface area contributed by atoms with E-state index in [0.717, 1.165) is 0 Å². The van der Waals surface area contributed by atoms with Crippen LogP contribution in [0.15, 0.2) is 12.0 Å². The number of hydrogen-bond donors (Lipinski definition) is 0. The average molecular weight is 148 g/mol. The van der Waals surface area contributed by atoms with E-state index in [0.29, 0.717) is 0 Å². The largest absolute Gasteiger partial charge is 0.464 e. The summed E-state index contributed by atoms with van der Waals surface area (Å²) in [6.07, 6.45) is 0. The Morgan fingerprint density at radius 2 is 2.00 bits per heavy atom. The van der Waals surface area contributed by atoms with Gasteiger partial charge < -0.3 is 14.2 Å². The third kappa shape index (κ3) is 1.15. The fourth-order valence-electron chi connectivity index (χ4n) is 0.664. The van der Waals surface area contributed by atoms with E-state index in [1.807, 2.05) is 0 Å². The maximum absolute atomic E-state index is 12.5. The van der Waals surface area contributed by atoms with E-state index in [1.165, 1.54) is 7.11 Å². The first-order valence-corrected chi connectivity index (χ1v) is 2.87. The van der Waals surface area contributed by atoms with Crippen molar-refractivity contribution in [1.29, 1.82) is 0 Å². The van der Waals surface area contributed by atoms with Crippen molar-refractivity contribution in [3.05, 3.63) is 12.0 Å². The van der Waals surface area contributed by atoms with Crippen molar-refractivity contribution >= 4 is 0 Å². The molecule has 1 aliphatic rings. The highest BCUT2D eigenvalue weighted by atomic mass is 19.1. The Balaban J connectivity index is 2.68. The maximum Gasteiger partial charge on any atom is 0.358 e. The van der Waals surface area contributed by atoms with Crippen LogP contribution in [0, 0.1) is 0 Å². The topological polar surface area (TPSA) is 27.7 Å². The zero-order valence-electron chi connectivity index (χ0n) is 6.10. The molecule has 0 aromatic carbocycles. The lowest BCUT2D eigenvalue weighted by atomic mass is 10.4. The Morgan fingerprint density at radius 1 is 1.40 bits per heavy atom. The third-order valence-electron chi connectivity index (χ3n) is 1.02. The molecule has 0 saturated carbocycles. The lowest BCUT2D eigenvalue weighted by Gasteiger charge is -2.16. The second-order valence-electron chi connectivity index (χ2n) is 2.37. The molecule has 0 aliphatic carbocycles. The van der Waals surface area contributed by atoms with Gasteiger partial charge in [0, 0.05) is 13.8 Å². The van der Waals surface area contributed by atoms with Crippen LogP contribution in [0.4, 0.5) is 4.39 Å². The van der Waals surface area contributed by atoms with Gasteiger partial charge in [0.25, 0.3) is 5.79 Å². The van der Waals surface area contributed by atoms with Crippen LogP contribution in [0.1, 0.15) is 13.8 Å². The summed E-state index contributed by atoms with van der Waals surface area (Å²) in [7, 11) is 1.32. The molecule has 10 heavy (non-hydrogen) atoms. The smallest absolute Gasteiger partial charge is 0.358 e. The fraction of sp³-hybridized carbons (Fsp3) is 0.667. The van der Waals surface area contributed by atoms with Gasteiger partial charge in [0.1, 0.15) is 0 Å². The highest BCUT2D eigenvalue weighted by Crippen LogP contribution is 2.30. The zero-order chi connectivity index (χ0) is 7.78. The van der Waals surface area contributed by atoms with Crippen molar-refractivity contribution in [2.75, 3.05) is 7.11 Å². The normalized spacial score (nSPS) is 22.0. The van der Waals surface area contributed by atoms with E-state index < -0.39 is 11.8 Å². The van der Waals surface area contributed by atoms with E-state index in [4.69, 9.17) is 4.74 Å². The average Bonchev–Trinajstić information content (AvgIpc) is 2.05. The Hall–Kier alpha value is -0.930. The van der Waals surface area contributed by atoms with E-state index >= 15 is 0 Å². The molecular formula is C6H9FO3. The molecule has 0 atom stereocenters. The van der Waals surface area contributed by atoms with Gasteiger partial charge in [0.2, 0.25) is 0 Å². The fourth-order valence-corrected chi connectivity index (χ4v) is 0.664. The van der Waals surface area contributed by atoms with Crippen molar-refractivity contribution < 1.29 is 18.6 Å². The molecule has 1 aliphatic heterocycles. The molecule has 3 nitrogen and oxygen atoms in total. The summed E-state index contributed by atoms with van der Waals surface area (Å²) in [6, 6.07) is -0.799. The Morgan fingerprint density at radius 3 is 2.20 bits per heavy atom. The number of halogens is 1. The summed E-state index contributed by atoms with van der Waals surface area (Å²) < 4.78 is 26.5. The number of hydrogen-bond acceptors (Lipinski definition) is 3. The Kier molecular flexibility index (Phi) is 1.46. The minimum absolute atomic E-state index is 0.190. The van der Waals surface area contributed by atoms with Gasteiger partial charge in [-0.15, -0.1) is 0 Å². The van der Waals surface area contributed by atoms with Gasteiger partial charge in [-0.2, -0.15) is 4.39 Å². The van der Waals surface area contributed by atoms with Gasteiger partial charge in [-0.05, 0) is 0 Å². The quantitative estimate of drug-likeness (QED) is 0.564. The monoisotopic (exact) mass is 148 g/mol. The molecule has 0 N–H and O–H groups in total. The summed E-state index contributed by atoms with van der Waals surface area (Å²) in [4.78, 5) is 0. The van der Waals surface area contributed by atoms with Crippen LogP contribution in [-0.2, 0) is 14.2 Å². The molecule has 1 rings (SSSR count). The molecule has 1 heterocycles. The molecule has 0 saturated heterocycles. The minimum Gasteiger partial charge on any atom is -0.464 e. The second kappa shape index (κ2) is 2.04. The van der Waals surface area contributed by atoms with Gasteiger partial charge in [0.15, 0.2) is 0 Å². The van der Waals surface area contributed by atoms with Crippen LogP contribution in [0.3, 0.4) is 0 Å². The first-order chi connectivity index (χ1) is 4.55. The van der Waals surface area contributed by atoms with Crippen molar-refractivity contribution in [3.63, 3.8) is 0 Å². The van der Waals surface area contributed by atoms with Crippen LogP contribution in [-0.4, -0.2) is 12.9 Å².